The van der Waals surface area contributed by atoms with Gasteiger partial charge >= 0.3 is 0 Å². The van der Waals surface area contributed by atoms with E-state index in [2.05, 4.69) is 241 Å². The fourth-order valence-corrected chi connectivity index (χ4v) is 13.1. The average Bonchev–Trinajstić information content (AvgIpc) is 3.83. The summed E-state index contributed by atoms with van der Waals surface area (Å²) in [6.45, 7) is 0. The van der Waals surface area contributed by atoms with Crippen molar-refractivity contribution in [2.24, 2.45) is 0 Å². The second-order valence-electron chi connectivity index (χ2n) is 17.5. The van der Waals surface area contributed by atoms with Gasteiger partial charge in [0.15, 0.2) is 0 Å². The van der Waals surface area contributed by atoms with E-state index in [0.717, 1.165) is 39.7 Å². The van der Waals surface area contributed by atoms with E-state index < -0.39 is 10.8 Å². The fourth-order valence-electron chi connectivity index (χ4n) is 11.9. The van der Waals surface area contributed by atoms with Crippen molar-refractivity contribution < 1.29 is 4.74 Å². The molecule has 4 aliphatic rings. The third-order valence-corrected chi connectivity index (χ3v) is 15.5. The van der Waals surface area contributed by atoms with Crippen LogP contribution in [0.2, 0.25) is 0 Å². The molecular formula is C62H39NOS. The van der Waals surface area contributed by atoms with Crippen molar-refractivity contribution in [3.05, 3.63) is 281 Å². The van der Waals surface area contributed by atoms with Gasteiger partial charge < -0.3 is 9.64 Å². The summed E-state index contributed by atoms with van der Waals surface area (Å²) in [4.78, 5) is 5.13. The summed E-state index contributed by atoms with van der Waals surface area (Å²) in [5.74, 6) is 1.78. The molecule has 10 aromatic carbocycles. The Labute approximate surface area is 383 Å². The van der Waals surface area contributed by atoms with Crippen LogP contribution in [0.4, 0.5) is 17.1 Å². The molecule has 0 bridgehead atoms. The first-order valence-electron chi connectivity index (χ1n) is 22.4. The maximum absolute atomic E-state index is 6.74. The number of ether oxygens (including phenoxy) is 1. The third-order valence-electron chi connectivity index (χ3n) is 14.4. The van der Waals surface area contributed by atoms with Gasteiger partial charge in [0.05, 0.1) is 16.5 Å². The smallest absolute Gasteiger partial charge is 0.132 e. The number of para-hydroxylation sites is 2. The van der Waals surface area contributed by atoms with E-state index in [1.807, 2.05) is 11.8 Å². The van der Waals surface area contributed by atoms with Crippen LogP contribution in [0.25, 0.3) is 33.4 Å². The number of anilines is 3. The number of hydrogen-bond donors (Lipinski definition) is 0. The summed E-state index contributed by atoms with van der Waals surface area (Å²) in [5, 5.41) is 0. The molecule has 0 saturated carbocycles. The van der Waals surface area contributed by atoms with Crippen LogP contribution in [-0.2, 0) is 10.8 Å². The van der Waals surface area contributed by atoms with Crippen LogP contribution in [0.1, 0.15) is 44.5 Å². The van der Waals surface area contributed by atoms with E-state index in [1.165, 1.54) is 76.6 Å². The predicted molar refractivity (Wildman–Crippen MR) is 265 cm³/mol. The molecule has 304 valence electrons. The molecule has 0 N–H and O–H groups in total. The molecule has 0 atom stereocenters. The molecule has 2 spiro atoms. The summed E-state index contributed by atoms with van der Waals surface area (Å²) in [6.07, 6.45) is 0. The van der Waals surface area contributed by atoms with E-state index in [9.17, 15) is 0 Å². The van der Waals surface area contributed by atoms with Gasteiger partial charge in [0.2, 0.25) is 0 Å². The van der Waals surface area contributed by atoms with Crippen molar-refractivity contribution in [3.8, 4) is 44.9 Å². The summed E-state index contributed by atoms with van der Waals surface area (Å²) in [6, 6.07) is 87.6. The number of benzene rings is 10. The van der Waals surface area contributed by atoms with Crippen LogP contribution in [-0.4, -0.2) is 0 Å². The zero-order valence-corrected chi connectivity index (χ0v) is 36.1. The number of rotatable bonds is 4. The Kier molecular flexibility index (Phi) is 7.79. The number of hydrogen-bond acceptors (Lipinski definition) is 3. The van der Waals surface area contributed by atoms with E-state index in [0.29, 0.717) is 0 Å². The molecule has 14 rings (SSSR count). The molecule has 2 heterocycles. The largest absolute Gasteiger partial charge is 0.457 e. The highest BCUT2D eigenvalue weighted by atomic mass is 32.2. The van der Waals surface area contributed by atoms with Crippen molar-refractivity contribution in [2.45, 2.75) is 20.6 Å². The third kappa shape index (κ3) is 4.91. The van der Waals surface area contributed by atoms with Gasteiger partial charge in [-0.05, 0) is 116 Å². The van der Waals surface area contributed by atoms with Crippen molar-refractivity contribution in [1.82, 2.24) is 0 Å². The van der Waals surface area contributed by atoms with Gasteiger partial charge in [-0.25, -0.2) is 0 Å². The monoisotopic (exact) mass is 845 g/mol. The Bertz CT molecular complexity index is 3500. The van der Waals surface area contributed by atoms with Crippen molar-refractivity contribution in [2.75, 3.05) is 4.90 Å². The minimum atomic E-state index is -0.604. The van der Waals surface area contributed by atoms with Gasteiger partial charge in [0.25, 0.3) is 0 Å². The number of fused-ring (bicyclic) bond motifs is 18. The zero-order chi connectivity index (χ0) is 42.7. The van der Waals surface area contributed by atoms with Gasteiger partial charge in [0.1, 0.15) is 11.5 Å². The van der Waals surface area contributed by atoms with Crippen LogP contribution in [0, 0.1) is 0 Å². The van der Waals surface area contributed by atoms with E-state index in [-0.39, 0.29) is 0 Å². The Balaban J connectivity index is 1.08. The van der Waals surface area contributed by atoms with Gasteiger partial charge in [-0.3, -0.25) is 0 Å². The maximum Gasteiger partial charge on any atom is 0.132 e. The summed E-state index contributed by atoms with van der Waals surface area (Å²) in [7, 11) is 0. The standard InChI is InChI=1S/C62H39NOS/c1-2-18-40(19-3-1)41-20-16-21-42(38-41)63(43-36-37-45-44-22-4-6-24-47(44)61(54(45)39-43)49-26-8-12-32-56(49)64-57-33-13-9-27-50(57)61)55-31-17-30-53-60(55)46-23-5-7-25-48(46)62(53)51-28-10-14-34-58(51)65-59-35-15-11-29-52(59)62/h1-39H. The molecule has 0 aromatic heterocycles. The summed E-state index contributed by atoms with van der Waals surface area (Å²) >= 11 is 1.88. The first-order valence-corrected chi connectivity index (χ1v) is 23.2. The first-order chi connectivity index (χ1) is 32.2. The molecule has 2 aliphatic carbocycles. The molecular weight excluding hydrogens is 807 g/mol. The second-order valence-corrected chi connectivity index (χ2v) is 18.5. The van der Waals surface area contributed by atoms with Gasteiger partial charge in [-0.1, -0.05) is 194 Å². The second kappa shape index (κ2) is 13.8. The zero-order valence-electron chi connectivity index (χ0n) is 35.3. The van der Waals surface area contributed by atoms with E-state index in [4.69, 9.17) is 4.74 Å². The van der Waals surface area contributed by atoms with Crippen molar-refractivity contribution >= 4 is 28.8 Å². The molecule has 3 heteroatoms. The lowest BCUT2D eigenvalue weighted by Crippen LogP contribution is -2.32. The Hall–Kier alpha value is -7.85. The Morgan fingerprint density at radius 3 is 1.52 bits per heavy atom. The SMILES string of the molecule is c1ccc(-c2cccc(N(c3ccc4c(c3)C3(c5ccccc5Oc5ccccc53)c3ccccc3-4)c3cccc4c3-c3ccccc3C43c4ccccc4Sc4ccccc43)c2)cc1. The normalized spacial score (nSPS) is 14.5. The Morgan fingerprint density at radius 2 is 0.815 bits per heavy atom. The van der Waals surface area contributed by atoms with E-state index >= 15 is 0 Å². The Morgan fingerprint density at radius 1 is 0.323 bits per heavy atom. The van der Waals surface area contributed by atoms with Gasteiger partial charge in [0, 0.05) is 37.9 Å². The molecule has 0 radical (unpaired) electrons. The van der Waals surface area contributed by atoms with Crippen molar-refractivity contribution in [3.63, 3.8) is 0 Å². The van der Waals surface area contributed by atoms with E-state index in [1.54, 1.807) is 0 Å². The van der Waals surface area contributed by atoms with Gasteiger partial charge in [-0.15, -0.1) is 0 Å². The highest BCUT2D eigenvalue weighted by molar-refractivity contribution is 7.99. The average molecular weight is 846 g/mol. The molecule has 2 nitrogen and oxygen atoms in total. The van der Waals surface area contributed by atoms with Gasteiger partial charge in [-0.2, -0.15) is 0 Å². The maximum atomic E-state index is 6.74. The van der Waals surface area contributed by atoms with Crippen LogP contribution in [0.15, 0.2) is 246 Å². The fraction of sp³-hybridized carbons (Fsp3) is 0.0323. The predicted octanol–water partition coefficient (Wildman–Crippen LogP) is 16.1. The molecule has 0 fully saturated rings. The summed E-state index contributed by atoms with van der Waals surface area (Å²) < 4.78 is 6.74. The molecule has 0 unspecified atom stereocenters. The molecule has 10 aromatic rings. The highest BCUT2D eigenvalue weighted by Gasteiger charge is 2.53. The first kappa shape index (κ1) is 36.6. The lowest BCUT2D eigenvalue weighted by molar-refractivity contribution is 0.436. The topological polar surface area (TPSA) is 12.5 Å². The molecule has 0 saturated heterocycles. The van der Waals surface area contributed by atoms with Crippen LogP contribution in [0.5, 0.6) is 11.5 Å². The molecule has 0 amide bonds. The quantitative estimate of drug-likeness (QED) is 0.175. The summed E-state index contributed by atoms with van der Waals surface area (Å²) in [5.41, 5.74) is 19.7. The molecule has 65 heavy (non-hydrogen) atoms. The van der Waals surface area contributed by atoms with Crippen molar-refractivity contribution in [1.29, 1.82) is 0 Å². The van der Waals surface area contributed by atoms with Crippen LogP contribution >= 0.6 is 11.8 Å². The highest BCUT2D eigenvalue weighted by Crippen LogP contribution is 2.66. The van der Waals surface area contributed by atoms with Crippen LogP contribution < -0.4 is 9.64 Å². The minimum Gasteiger partial charge on any atom is -0.457 e. The lowest BCUT2D eigenvalue weighted by Gasteiger charge is -2.40. The van der Waals surface area contributed by atoms with Crippen LogP contribution in [0.3, 0.4) is 0 Å². The number of nitrogens with zero attached hydrogens (tertiary/aromatic N) is 1. The molecule has 2 aliphatic heterocycles. The lowest BCUT2D eigenvalue weighted by atomic mass is 9.66. The minimum absolute atomic E-state index is 0.503.